The number of nitrogens with one attached hydrogen (secondary N) is 3. The summed E-state index contributed by atoms with van der Waals surface area (Å²) in [4.78, 5) is 19.1. The lowest BCUT2D eigenvalue weighted by atomic mass is 9.89. The van der Waals surface area contributed by atoms with Crippen molar-refractivity contribution in [2.45, 2.75) is 60.0 Å². The third-order valence-electron chi connectivity index (χ3n) is 4.51. The van der Waals surface area contributed by atoms with Crippen molar-refractivity contribution in [3.63, 3.8) is 0 Å². The fraction of sp³-hybridized carbons (Fsp3) is 0.652. The number of hydrogen-bond donors (Lipinski definition) is 3. The molecular weight excluding hydrogens is 362 g/mol. The van der Waals surface area contributed by atoms with Crippen LogP contribution < -0.4 is 16.0 Å². The quantitative estimate of drug-likeness (QED) is 0.414. The number of benzene rings is 1. The van der Waals surface area contributed by atoms with E-state index in [1.807, 2.05) is 43.3 Å². The summed E-state index contributed by atoms with van der Waals surface area (Å²) in [7, 11) is 3.98. The van der Waals surface area contributed by atoms with Crippen LogP contribution >= 0.6 is 0 Å². The first-order valence-corrected chi connectivity index (χ1v) is 10.7. The van der Waals surface area contributed by atoms with Gasteiger partial charge in [0.05, 0.1) is 6.54 Å². The van der Waals surface area contributed by atoms with E-state index in [-0.39, 0.29) is 5.91 Å². The van der Waals surface area contributed by atoms with Crippen molar-refractivity contribution in [1.82, 2.24) is 20.9 Å². The molecule has 1 unspecified atom stereocenters. The molecule has 0 aliphatic carbocycles. The molecule has 1 aromatic rings. The third-order valence-corrected chi connectivity index (χ3v) is 4.51. The number of carbonyl (C=O) groups excluding carboxylic acids is 1. The zero-order chi connectivity index (χ0) is 21.9. The van der Waals surface area contributed by atoms with E-state index in [0.717, 1.165) is 37.5 Å². The number of hydrogen-bond acceptors (Lipinski definition) is 3. The Hall–Kier alpha value is -2.08. The van der Waals surface area contributed by atoms with E-state index in [9.17, 15) is 4.79 Å². The summed E-state index contributed by atoms with van der Waals surface area (Å²) in [6.45, 7) is 13.9. The van der Waals surface area contributed by atoms with Gasteiger partial charge in [0.1, 0.15) is 0 Å². The maximum absolute atomic E-state index is 12.3. The first-order valence-electron chi connectivity index (χ1n) is 10.7. The van der Waals surface area contributed by atoms with E-state index in [0.29, 0.717) is 30.1 Å². The van der Waals surface area contributed by atoms with Crippen LogP contribution in [-0.2, 0) is 6.54 Å². The molecule has 1 atom stereocenters. The predicted molar refractivity (Wildman–Crippen MR) is 123 cm³/mol. The Morgan fingerprint density at radius 2 is 1.93 bits per heavy atom. The minimum Gasteiger partial charge on any atom is -0.357 e. The normalized spacial score (nSPS) is 13.3. The lowest BCUT2D eigenvalue weighted by molar-refractivity contribution is 0.0951. The Kier molecular flexibility index (Phi) is 10.7. The van der Waals surface area contributed by atoms with Crippen LogP contribution in [0.3, 0.4) is 0 Å². The summed E-state index contributed by atoms with van der Waals surface area (Å²) >= 11 is 0. The molecular formula is C23H41N5O. The van der Waals surface area contributed by atoms with Gasteiger partial charge in [-0.15, -0.1) is 0 Å². The molecule has 6 nitrogen and oxygen atoms in total. The molecule has 3 N–H and O–H groups in total. The van der Waals surface area contributed by atoms with Gasteiger partial charge in [0.15, 0.2) is 5.96 Å². The maximum Gasteiger partial charge on any atom is 0.251 e. The summed E-state index contributed by atoms with van der Waals surface area (Å²) < 4.78 is 0. The molecule has 1 amide bonds. The Morgan fingerprint density at radius 1 is 1.21 bits per heavy atom. The molecule has 0 aliphatic heterocycles. The average molecular weight is 404 g/mol. The highest BCUT2D eigenvalue weighted by Gasteiger charge is 2.13. The molecule has 0 aromatic heterocycles. The molecule has 6 heteroatoms. The van der Waals surface area contributed by atoms with Gasteiger partial charge in [-0.05, 0) is 63.9 Å². The fourth-order valence-corrected chi connectivity index (χ4v) is 2.75. The third kappa shape index (κ3) is 11.5. The summed E-state index contributed by atoms with van der Waals surface area (Å²) in [6, 6.07) is 8.03. The molecule has 0 radical (unpaired) electrons. The zero-order valence-electron chi connectivity index (χ0n) is 19.4. The number of guanidine groups is 1. The molecule has 1 rings (SSSR count). The van der Waals surface area contributed by atoms with Gasteiger partial charge in [-0.25, -0.2) is 4.99 Å². The smallest absolute Gasteiger partial charge is 0.251 e. The van der Waals surface area contributed by atoms with Gasteiger partial charge >= 0.3 is 0 Å². The monoisotopic (exact) mass is 403 g/mol. The second kappa shape index (κ2) is 12.5. The van der Waals surface area contributed by atoms with Gasteiger partial charge in [0.2, 0.25) is 0 Å². The minimum absolute atomic E-state index is 0.0430. The average Bonchev–Trinajstić information content (AvgIpc) is 2.64. The highest BCUT2D eigenvalue weighted by atomic mass is 16.1. The van der Waals surface area contributed by atoms with E-state index in [2.05, 4.69) is 50.6 Å². The van der Waals surface area contributed by atoms with Crippen LogP contribution in [0.5, 0.6) is 0 Å². The fourth-order valence-electron chi connectivity index (χ4n) is 2.75. The van der Waals surface area contributed by atoms with E-state index in [4.69, 9.17) is 4.99 Å². The second-order valence-electron chi connectivity index (χ2n) is 9.10. The van der Waals surface area contributed by atoms with Crippen molar-refractivity contribution in [3.05, 3.63) is 35.4 Å². The summed E-state index contributed by atoms with van der Waals surface area (Å²) in [5, 5.41) is 9.76. The lowest BCUT2D eigenvalue weighted by Crippen LogP contribution is -2.42. The Bertz CT molecular complexity index is 649. The van der Waals surface area contributed by atoms with E-state index >= 15 is 0 Å². The molecule has 0 saturated carbocycles. The number of likely N-dealkylation sites (N-methyl/N-ethyl adjacent to an activating group) is 1. The molecule has 164 valence electrons. The van der Waals surface area contributed by atoms with Crippen molar-refractivity contribution in [2.75, 3.05) is 33.7 Å². The number of nitrogens with zero attached hydrogens (tertiary/aromatic N) is 2. The Balaban J connectivity index is 2.68. The number of amides is 1. The molecule has 0 fully saturated rings. The maximum atomic E-state index is 12.3. The number of aliphatic imine (C=N–C) groups is 1. The summed E-state index contributed by atoms with van der Waals surface area (Å²) in [5.41, 5.74) is 2.02. The van der Waals surface area contributed by atoms with Crippen molar-refractivity contribution in [2.24, 2.45) is 10.4 Å². The van der Waals surface area contributed by atoms with Gasteiger partial charge in [0, 0.05) is 31.2 Å². The van der Waals surface area contributed by atoms with E-state index in [1.54, 1.807) is 0 Å². The van der Waals surface area contributed by atoms with Crippen LogP contribution in [-0.4, -0.2) is 56.5 Å². The number of rotatable bonds is 10. The first-order chi connectivity index (χ1) is 13.6. The molecule has 0 heterocycles. The van der Waals surface area contributed by atoms with Crippen LogP contribution in [0.15, 0.2) is 29.3 Å². The van der Waals surface area contributed by atoms with Crippen molar-refractivity contribution in [3.8, 4) is 0 Å². The molecule has 0 saturated heterocycles. The molecule has 1 aromatic carbocycles. The van der Waals surface area contributed by atoms with Gasteiger partial charge in [-0.1, -0.05) is 32.9 Å². The van der Waals surface area contributed by atoms with Crippen LogP contribution in [0.2, 0.25) is 0 Å². The first kappa shape index (κ1) is 25.0. The van der Waals surface area contributed by atoms with Crippen LogP contribution in [0.1, 0.15) is 63.4 Å². The van der Waals surface area contributed by atoms with Gasteiger partial charge < -0.3 is 20.9 Å². The van der Waals surface area contributed by atoms with Crippen LogP contribution in [0.4, 0.5) is 0 Å². The van der Waals surface area contributed by atoms with Crippen molar-refractivity contribution < 1.29 is 4.79 Å². The summed E-state index contributed by atoms with van der Waals surface area (Å²) in [6.07, 6.45) is 2.25. The summed E-state index contributed by atoms with van der Waals surface area (Å²) in [5.74, 6) is 0.772. The van der Waals surface area contributed by atoms with Crippen molar-refractivity contribution >= 4 is 11.9 Å². The topological polar surface area (TPSA) is 68.8 Å². The second-order valence-corrected chi connectivity index (χ2v) is 9.10. The predicted octanol–water partition coefficient (Wildman–Crippen LogP) is 3.25. The van der Waals surface area contributed by atoms with Crippen molar-refractivity contribution in [1.29, 1.82) is 0 Å². The number of carbonyl (C=O) groups is 1. The molecule has 0 bridgehead atoms. The van der Waals surface area contributed by atoms with Gasteiger partial charge in [-0.2, -0.15) is 0 Å². The minimum atomic E-state index is -0.0430. The van der Waals surface area contributed by atoms with E-state index < -0.39 is 0 Å². The largest absolute Gasteiger partial charge is 0.357 e. The van der Waals surface area contributed by atoms with E-state index in [1.165, 1.54) is 0 Å². The molecule has 0 spiro atoms. The van der Waals surface area contributed by atoms with Crippen LogP contribution in [0.25, 0.3) is 0 Å². The van der Waals surface area contributed by atoms with Gasteiger partial charge in [-0.3, -0.25) is 4.79 Å². The SMILES string of the molecule is CCNC(=NCc1cccc(C(=O)NCCN(C)C)c1)NC(C)CCC(C)(C)C. The highest BCUT2D eigenvalue weighted by molar-refractivity contribution is 5.94. The molecule has 29 heavy (non-hydrogen) atoms. The highest BCUT2D eigenvalue weighted by Crippen LogP contribution is 2.21. The standard InChI is InChI=1S/C23H41N5O/c1-8-24-22(27-18(2)12-13-23(3,4)5)26-17-19-10-9-11-20(16-19)21(29)25-14-15-28(6)7/h9-11,16,18H,8,12-15,17H2,1-7H3,(H,25,29)(H2,24,26,27). The zero-order valence-corrected chi connectivity index (χ0v) is 19.4. The van der Waals surface area contributed by atoms with Gasteiger partial charge in [0.25, 0.3) is 5.91 Å². The lowest BCUT2D eigenvalue weighted by Gasteiger charge is -2.23. The molecule has 0 aliphatic rings. The Morgan fingerprint density at radius 3 is 2.55 bits per heavy atom. The van der Waals surface area contributed by atoms with Crippen LogP contribution in [0, 0.1) is 5.41 Å². The Labute approximate surface area is 177 Å².